The molecule has 1 atom stereocenters. The number of hydrogen-bond acceptors (Lipinski definition) is 2. The summed E-state index contributed by atoms with van der Waals surface area (Å²) >= 11 is 12.6. The van der Waals surface area contributed by atoms with Crippen LogP contribution < -0.4 is 0 Å². The van der Waals surface area contributed by atoms with E-state index in [4.69, 9.17) is 11.6 Å². The molecule has 1 aromatic heterocycles. The zero-order chi connectivity index (χ0) is 14.0. The van der Waals surface area contributed by atoms with Crippen LogP contribution in [0.2, 0.25) is 5.02 Å². The predicted octanol–water partition coefficient (Wildman–Crippen LogP) is 4.68. The molecule has 2 rings (SSSR count). The first-order valence-corrected chi connectivity index (χ1v) is 7.36. The van der Waals surface area contributed by atoms with E-state index in [-0.39, 0.29) is 6.42 Å². The summed E-state index contributed by atoms with van der Waals surface area (Å²) in [6.07, 6.45) is 1.06. The molecule has 0 aliphatic rings. The van der Waals surface area contributed by atoms with Gasteiger partial charge in [0.25, 0.3) is 0 Å². The van der Waals surface area contributed by atoms with Crippen LogP contribution in [0.1, 0.15) is 17.4 Å². The molecule has 6 heteroatoms. The molecule has 1 aromatic carbocycles. The summed E-state index contributed by atoms with van der Waals surface area (Å²) in [5.74, 6) is -0.397. The van der Waals surface area contributed by atoms with Crippen molar-refractivity contribution in [1.82, 2.24) is 4.98 Å². The van der Waals surface area contributed by atoms with Gasteiger partial charge in [-0.1, -0.05) is 17.7 Å². The Morgan fingerprint density at radius 2 is 2.05 bits per heavy atom. The van der Waals surface area contributed by atoms with Crippen molar-refractivity contribution in [3.63, 3.8) is 0 Å². The first-order valence-electron chi connectivity index (χ1n) is 5.40. The van der Waals surface area contributed by atoms with E-state index < -0.39 is 11.9 Å². The maximum atomic E-state index is 12.9. The minimum Gasteiger partial charge on any atom is -0.386 e. The fraction of sp³-hybridized carbons (Fsp3) is 0.154. The molecule has 1 N–H and O–H groups in total. The number of pyridine rings is 1. The standard InChI is InChI=1S/C13H9Br2ClFNO/c14-8-4-10(15)13(18-6-8)12(19)3-7-1-2-9(17)5-11(7)16/h1-2,4-6,12,19H,3H2. The summed E-state index contributed by atoms with van der Waals surface area (Å²) in [6, 6.07) is 5.91. The zero-order valence-electron chi connectivity index (χ0n) is 9.58. The normalized spacial score (nSPS) is 12.5. The second kappa shape index (κ2) is 6.31. The summed E-state index contributed by atoms with van der Waals surface area (Å²) < 4.78 is 14.5. The van der Waals surface area contributed by atoms with E-state index in [9.17, 15) is 9.50 Å². The Balaban J connectivity index is 2.23. The number of halogens is 4. The Labute approximate surface area is 131 Å². The summed E-state index contributed by atoms with van der Waals surface area (Å²) in [6.45, 7) is 0. The van der Waals surface area contributed by atoms with Crippen molar-refractivity contribution in [2.75, 3.05) is 0 Å². The van der Waals surface area contributed by atoms with Crippen molar-refractivity contribution in [1.29, 1.82) is 0 Å². The molecule has 1 heterocycles. The van der Waals surface area contributed by atoms with Crippen LogP contribution in [-0.4, -0.2) is 10.1 Å². The largest absolute Gasteiger partial charge is 0.386 e. The molecule has 2 aromatic rings. The molecule has 19 heavy (non-hydrogen) atoms. The lowest BCUT2D eigenvalue weighted by atomic mass is 10.1. The van der Waals surface area contributed by atoms with Crippen LogP contribution >= 0.6 is 43.5 Å². The predicted molar refractivity (Wildman–Crippen MR) is 79.7 cm³/mol. The van der Waals surface area contributed by atoms with Crippen molar-refractivity contribution >= 4 is 43.5 Å². The fourth-order valence-electron chi connectivity index (χ4n) is 1.66. The Morgan fingerprint density at radius 1 is 1.32 bits per heavy atom. The SMILES string of the molecule is OC(Cc1ccc(F)cc1Cl)c1ncc(Br)cc1Br. The second-order valence-electron chi connectivity index (χ2n) is 3.98. The molecule has 1 unspecified atom stereocenters. The van der Waals surface area contributed by atoms with Crippen LogP contribution in [-0.2, 0) is 6.42 Å². The Kier molecular flexibility index (Phi) is 4.95. The van der Waals surface area contributed by atoms with Gasteiger partial charge in [-0.05, 0) is 55.6 Å². The van der Waals surface area contributed by atoms with E-state index in [1.165, 1.54) is 12.1 Å². The maximum Gasteiger partial charge on any atom is 0.124 e. The number of aliphatic hydroxyl groups is 1. The van der Waals surface area contributed by atoms with Crippen LogP contribution in [0.15, 0.2) is 39.4 Å². The van der Waals surface area contributed by atoms with E-state index >= 15 is 0 Å². The molecule has 0 saturated carbocycles. The molecule has 0 aliphatic heterocycles. The first kappa shape index (κ1) is 14.9. The highest BCUT2D eigenvalue weighted by atomic mass is 79.9. The number of benzene rings is 1. The van der Waals surface area contributed by atoms with E-state index in [0.29, 0.717) is 20.8 Å². The van der Waals surface area contributed by atoms with Gasteiger partial charge in [-0.15, -0.1) is 0 Å². The third-order valence-corrected chi connectivity index (χ3v) is 4.00. The minimum absolute atomic E-state index is 0.270. The van der Waals surface area contributed by atoms with E-state index in [1.807, 2.05) is 0 Å². The highest BCUT2D eigenvalue weighted by Crippen LogP contribution is 2.28. The molecular formula is C13H9Br2ClFNO. The molecular weight excluding hydrogens is 400 g/mol. The Morgan fingerprint density at radius 3 is 2.68 bits per heavy atom. The van der Waals surface area contributed by atoms with Gasteiger partial charge in [-0.3, -0.25) is 4.98 Å². The quantitative estimate of drug-likeness (QED) is 0.799. The van der Waals surface area contributed by atoms with Crippen LogP contribution in [0.3, 0.4) is 0 Å². The van der Waals surface area contributed by atoms with Gasteiger partial charge in [-0.25, -0.2) is 4.39 Å². The molecule has 0 radical (unpaired) electrons. The third kappa shape index (κ3) is 3.75. The summed E-state index contributed by atoms with van der Waals surface area (Å²) in [5.41, 5.74) is 1.19. The number of hydrogen-bond donors (Lipinski definition) is 1. The van der Waals surface area contributed by atoms with Crippen LogP contribution in [0.25, 0.3) is 0 Å². The second-order valence-corrected chi connectivity index (χ2v) is 6.15. The lowest BCUT2D eigenvalue weighted by molar-refractivity contribution is 0.172. The number of aromatic nitrogens is 1. The van der Waals surface area contributed by atoms with E-state index in [0.717, 1.165) is 4.47 Å². The molecule has 100 valence electrons. The topological polar surface area (TPSA) is 33.1 Å². The van der Waals surface area contributed by atoms with Crippen LogP contribution in [0, 0.1) is 5.82 Å². The van der Waals surface area contributed by atoms with Crippen LogP contribution in [0.5, 0.6) is 0 Å². The molecule has 2 nitrogen and oxygen atoms in total. The summed E-state index contributed by atoms with van der Waals surface area (Å²) in [4.78, 5) is 4.16. The van der Waals surface area contributed by atoms with Crippen molar-refractivity contribution in [2.24, 2.45) is 0 Å². The minimum atomic E-state index is -0.814. The lowest BCUT2D eigenvalue weighted by Gasteiger charge is -2.13. The number of nitrogens with zero attached hydrogens (tertiary/aromatic N) is 1. The molecule has 0 spiro atoms. The van der Waals surface area contributed by atoms with Gasteiger partial charge in [0.15, 0.2) is 0 Å². The van der Waals surface area contributed by atoms with Crippen molar-refractivity contribution < 1.29 is 9.50 Å². The molecule has 0 aliphatic carbocycles. The highest BCUT2D eigenvalue weighted by molar-refractivity contribution is 9.11. The van der Waals surface area contributed by atoms with Gasteiger partial charge in [0.05, 0.1) is 5.69 Å². The van der Waals surface area contributed by atoms with E-state index in [2.05, 4.69) is 36.8 Å². The van der Waals surface area contributed by atoms with E-state index in [1.54, 1.807) is 18.3 Å². The Hall–Kier alpha value is -0.490. The van der Waals surface area contributed by atoms with Gasteiger partial charge < -0.3 is 5.11 Å². The van der Waals surface area contributed by atoms with Gasteiger partial charge in [0, 0.05) is 26.6 Å². The van der Waals surface area contributed by atoms with Crippen molar-refractivity contribution in [3.05, 3.63) is 61.5 Å². The van der Waals surface area contributed by atoms with Gasteiger partial charge >= 0.3 is 0 Å². The molecule has 0 bridgehead atoms. The summed E-state index contributed by atoms with van der Waals surface area (Å²) in [7, 11) is 0. The molecule has 0 amide bonds. The third-order valence-electron chi connectivity index (χ3n) is 2.58. The average Bonchev–Trinajstić information content (AvgIpc) is 2.32. The maximum absolute atomic E-state index is 12.9. The smallest absolute Gasteiger partial charge is 0.124 e. The van der Waals surface area contributed by atoms with Crippen molar-refractivity contribution in [2.45, 2.75) is 12.5 Å². The zero-order valence-corrected chi connectivity index (χ0v) is 13.5. The van der Waals surface area contributed by atoms with Gasteiger partial charge in [0.2, 0.25) is 0 Å². The first-order chi connectivity index (χ1) is 8.97. The molecule has 0 saturated heterocycles. The monoisotopic (exact) mass is 407 g/mol. The Bertz CT molecular complexity index is 609. The van der Waals surface area contributed by atoms with Crippen LogP contribution in [0.4, 0.5) is 4.39 Å². The highest BCUT2D eigenvalue weighted by Gasteiger charge is 2.15. The number of rotatable bonds is 3. The number of aliphatic hydroxyl groups excluding tert-OH is 1. The van der Waals surface area contributed by atoms with Gasteiger partial charge in [0.1, 0.15) is 11.9 Å². The van der Waals surface area contributed by atoms with Gasteiger partial charge in [-0.2, -0.15) is 0 Å². The average molecular weight is 409 g/mol. The fourth-order valence-corrected chi connectivity index (χ4v) is 3.16. The molecule has 0 fully saturated rings. The lowest BCUT2D eigenvalue weighted by Crippen LogP contribution is -2.05. The summed E-state index contributed by atoms with van der Waals surface area (Å²) in [5, 5.41) is 10.5. The van der Waals surface area contributed by atoms with Crippen molar-refractivity contribution in [3.8, 4) is 0 Å².